The molecule has 1 amide bonds. The van der Waals surface area contributed by atoms with E-state index in [2.05, 4.69) is 16.0 Å². The van der Waals surface area contributed by atoms with Gasteiger partial charge in [0.05, 0.1) is 29.7 Å². The molecule has 0 aliphatic rings. The van der Waals surface area contributed by atoms with E-state index in [1.807, 2.05) is 12.1 Å². The molecule has 2 aromatic heterocycles. The number of benzene rings is 2. The third-order valence-corrected chi connectivity index (χ3v) is 4.89. The Morgan fingerprint density at radius 3 is 2.33 bits per heavy atom. The van der Waals surface area contributed by atoms with Crippen LogP contribution < -0.4 is 4.90 Å². The summed E-state index contributed by atoms with van der Waals surface area (Å²) in [5.41, 5.74) is 4.35. The fourth-order valence-electron chi connectivity index (χ4n) is 3.14. The van der Waals surface area contributed by atoms with Crippen molar-refractivity contribution in [3.63, 3.8) is 0 Å². The minimum absolute atomic E-state index is 0.00242. The van der Waals surface area contributed by atoms with E-state index in [-0.39, 0.29) is 17.4 Å². The fraction of sp³-hybridized carbons (Fsp3) is 0.0870. The zero-order valence-corrected chi connectivity index (χ0v) is 16.4. The van der Waals surface area contributed by atoms with Gasteiger partial charge in [0, 0.05) is 30.1 Å². The molecule has 0 saturated heterocycles. The number of amides is 1. The lowest BCUT2D eigenvalue weighted by molar-refractivity contribution is 0.0985. The number of aromatic nitrogens is 3. The van der Waals surface area contributed by atoms with Crippen molar-refractivity contribution in [1.82, 2.24) is 14.4 Å². The lowest BCUT2D eigenvalue weighted by Gasteiger charge is -2.17. The van der Waals surface area contributed by atoms with Crippen LogP contribution in [0.1, 0.15) is 33.3 Å². The summed E-state index contributed by atoms with van der Waals surface area (Å²) in [7, 11) is 1.66. The molecule has 0 fully saturated rings. The Balaban J connectivity index is 1.68. The van der Waals surface area contributed by atoms with Gasteiger partial charge in [-0.15, -0.1) is 0 Å². The molecule has 0 aliphatic carbocycles. The molecule has 4 rings (SSSR count). The van der Waals surface area contributed by atoms with E-state index < -0.39 is 0 Å². The van der Waals surface area contributed by atoms with Gasteiger partial charge in [0.1, 0.15) is 5.69 Å². The number of hydrogen-bond donors (Lipinski definition) is 0. The third-order valence-electron chi connectivity index (χ3n) is 4.89. The number of imidazole rings is 1. The second-order valence-corrected chi connectivity index (χ2v) is 6.80. The van der Waals surface area contributed by atoms with E-state index in [4.69, 9.17) is 5.26 Å². The number of nitriles is 1. The summed E-state index contributed by atoms with van der Waals surface area (Å²) in [4.78, 5) is 34.6. The van der Waals surface area contributed by atoms with Gasteiger partial charge in [0.25, 0.3) is 5.91 Å². The standard InChI is InChI=1S/C23H17N5O2/c1-15(29)17-5-7-18(8-6-17)21-12-26-22-13-25-20(14-28(21)22)23(30)27(2)19-9-3-16(11-24)4-10-19/h3-10,12-14H,1-2H3. The third kappa shape index (κ3) is 3.42. The van der Waals surface area contributed by atoms with Gasteiger partial charge in [-0.2, -0.15) is 5.26 Å². The van der Waals surface area contributed by atoms with Crippen LogP contribution in [0.15, 0.2) is 67.1 Å². The van der Waals surface area contributed by atoms with Gasteiger partial charge in [-0.25, -0.2) is 9.97 Å². The number of ketones is 1. The van der Waals surface area contributed by atoms with Crippen molar-refractivity contribution in [3.05, 3.63) is 83.9 Å². The molecule has 0 spiro atoms. The van der Waals surface area contributed by atoms with Gasteiger partial charge < -0.3 is 4.90 Å². The Kier molecular flexibility index (Phi) is 4.82. The van der Waals surface area contributed by atoms with Crippen molar-refractivity contribution in [3.8, 4) is 17.3 Å². The molecule has 0 unspecified atom stereocenters. The first-order chi connectivity index (χ1) is 14.5. The Morgan fingerprint density at radius 1 is 1.00 bits per heavy atom. The monoisotopic (exact) mass is 395 g/mol. The van der Waals surface area contributed by atoms with E-state index in [0.717, 1.165) is 11.3 Å². The molecule has 30 heavy (non-hydrogen) atoms. The average Bonchev–Trinajstić information content (AvgIpc) is 3.21. The number of nitrogens with zero attached hydrogens (tertiary/aromatic N) is 5. The van der Waals surface area contributed by atoms with Gasteiger partial charge in [0.2, 0.25) is 0 Å². The van der Waals surface area contributed by atoms with Crippen LogP contribution in [0.2, 0.25) is 0 Å². The number of hydrogen-bond acceptors (Lipinski definition) is 5. The minimum Gasteiger partial charge on any atom is -0.310 e. The molecule has 0 radical (unpaired) electrons. The summed E-state index contributed by atoms with van der Waals surface area (Å²) in [6.45, 7) is 1.52. The lowest BCUT2D eigenvalue weighted by Crippen LogP contribution is -2.27. The molecule has 0 N–H and O–H groups in total. The molecule has 7 heteroatoms. The number of anilines is 1. The molecule has 0 atom stereocenters. The van der Waals surface area contributed by atoms with Crippen LogP contribution in [0.3, 0.4) is 0 Å². The minimum atomic E-state index is -0.284. The van der Waals surface area contributed by atoms with Gasteiger partial charge in [-0.1, -0.05) is 24.3 Å². The van der Waals surface area contributed by atoms with E-state index in [1.165, 1.54) is 11.8 Å². The first-order valence-corrected chi connectivity index (χ1v) is 9.20. The van der Waals surface area contributed by atoms with E-state index in [0.29, 0.717) is 22.5 Å². The van der Waals surface area contributed by atoms with Crippen LogP contribution >= 0.6 is 0 Å². The van der Waals surface area contributed by atoms with E-state index in [1.54, 1.807) is 66.4 Å². The number of fused-ring (bicyclic) bond motifs is 1. The van der Waals surface area contributed by atoms with Crippen LogP contribution in [-0.4, -0.2) is 33.1 Å². The smallest absolute Gasteiger partial charge is 0.278 e. The topological polar surface area (TPSA) is 91.4 Å². The SMILES string of the molecule is CC(=O)c1ccc(-c2cnc3cnc(C(=O)N(C)c4ccc(C#N)cc4)cn23)cc1. The maximum atomic E-state index is 13.0. The Bertz CT molecular complexity index is 1300. The average molecular weight is 395 g/mol. The first-order valence-electron chi connectivity index (χ1n) is 9.20. The molecule has 4 aromatic rings. The number of carbonyl (C=O) groups excluding carboxylic acids is 2. The summed E-state index contributed by atoms with van der Waals surface area (Å²) >= 11 is 0. The Hall–Kier alpha value is -4.31. The molecule has 146 valence electrons. The van der Waals surface area contributed by atoms with Crippen LogP contribution in [-0.2, 0) is 0 Å². The quantitative estimate of drug-likeness (QED) is 0.491. The fourth-order valence-corrected chi connectivity index (χ4v) is 3.14. The molecular weight excluding hydrogens is 378 g/mol. The summed E-state index contributed by atoms with van der Waals surface area (Å²) < 4.78 is 1.80. The second-order valence-electron chi connectivity index (χ2n) is 6.80. The van der Waals surface area contributed by atoms with Gasteiger partial charge in [-0.3, -0.25) is 14.0 Å². The normalized spacial score (nSPS) is 10.6. The summed E-state index contributed by atoms with van der Waals surface area (Å²) in [6, 6.07) is 16.1. The van der Waals surface area contributed by atoms with Crippen molar-refractivity contribution in [2.75, 3.05) is 11.9 Å². The predicted octanol–water partition coefficient (Wildman–Crippen LogP) is 3.75. The largest absolute Gasteiger partial charge is 0.310 e. The van der Waals surface area contributed by atoms with Gasteiger partial charge in [-0.05, 0) is 31.2 Å². The van der Waals surface area contributed by atoms with E-state index >= 15 is 0 Å². The molecule has 0 aliphatic heterocycles. The zero-order chi connectivity index (χ0) is 21.3. The maximum Gasteiger partial charge on any atom is 0.278 e. The molecule has 7 nitrogen and oxygen atoms in total. The van der Waals surface area contributed by atoms with Crippen molar-refractivity contribution in [1.29, 1.82) is 5.26 Å². The van der Waals surface area contributed by atoms with Crippen molar-refractivity contribution in [2.24, 2.45) is 0 Å². The molecule has 0 saturated carbocycles. The number of Topliss-reactive ketones (excluding diaryl/α,β-unsaturated/α-hetero) is 1. The summed E-state index contributed by atoms with van der Waals surface area (Å²) in [5, 5.41) is 8.93. The van der Waals surface area contributed by atoms with Crippen LogP contribution in [0, 0.1) is 11.3 Å². The van der Waals surface area contributed by atoms with Gasteiger partial charge in [0.15, 0.2) is 11.4 Å². The lowest BCUT2D eigenvalue weighted by atomic mass is 10.1. The van der Waals surface area contributed by atoms with Crippen LogP contribution in [0.4, 0.5) is 5.69 Å². The molecule has 2 aromatic carbocycles. The maximum absolute atomic E-state index is 13.0. The Labute approximate surface area is 172 Å². The predicted molar refractivity (Wildman–Crippen MR) is 112 cm³/mol. The summed E-state index contributed by atoms with van der Waals surface area (Å²) in [5.74, 6) is -0.282. The second kappa shape index (κ2) is 7.60. The zero-order valence-electron chi connectivity index (χ0n) is 16.4. The first kappa shape index (κ1) is 19.0. The van der Waals surface area contributed by atoms with Crippen LogP contribution in [0.25, 0.3) is 16.9 Å². The highest BCUT2D eigenvalue weighted by Gasteiger charge is 2.17. The van der Waals surface area contributed by atoms with Gasteiger partial charge >= 0.3 is 0 Å². The highest BCUT2D eigenvalue weighted by atomic mass is 16.2. The highest BCUT2D eigenvalue weighted by Crippen LogP contribution is 2.22. The highest BCUT2D eigenvalue weighted by molar-refractivity contribution is 6.04. The number of carbonyl (C=O) groups is 2. The van der Waals surface area contributed by atoms with E-state index in [9.17, 15) is 9.59 Å². The Morgan fingerprint density at radius 2 is 1.70 bits per heavy atom. The van der Waals surface area contributed by atoms with Crippen molar-refractivity contribution in [2.45, 2.75) is 6.92 Å². The summed E-state index contributed by atoms with van der Waals surface area (Å²) in [6.07, 6.45) is 4.91. The number of rotatable bonds is 4. The van der Waals surface area contributed by atoms with Crippen LogP contribution in [0.5, 0.6) is 0 Å². The van der Waals surface area contributed by atoms with Crippen molar-refractivity contribution >= 4 is 23.0 Å². The molecule has 2 heterocycles. The molecule has 0 bridgehead atoms. The molecular formula is C23H17N5O2. The van der Waals surface area contributed by atoms with Crippen molar-refractivity contribution < 1.29 is 9.59 Å².